The Kier molecular flexibility index (Phi) is 2.61. The molecule has 5 nitrogen and oxygen atoms in total. The van der Waals surface area contributed by atoms with E-state index in [2.05, 4.69) is 5.32 Å². The molecule has 2 fully saturated rings. The molecule has 0 bridgehead atoms. The van der Waals surface area contributed by atoms with Crippen LogP contribution in [-0.2, 0) is 19.4 Å². The molecule has 1 aliphatic carbocycles. The summed E-state index contributed by atoms with van der Waals surface area (Å²) in [6.45, 7) is 0. The molecule has 0 radical (unpaired) electrons. The van der Waals surface area contributed by atoms with Crippen molar-refractivity contribution in [3.8, 4) is 0 Å². The minimum atomic E-state index is -3.18. The molecule has 0 spiro atoms. The molecule has 1 unspecified atom stereocenters. The van der Waals surface area contributed by atoms with Gasteiger partial charge in [-0.05, 0) is 24.8 Å². The largest absolute Gasteiger partial charge is 0.292 e. The summed E-state index contributed by atoms with van der Waals surface area (Å²) < 4.78 is 23.1. The van der Waals surface area contributed by atoms with Gasteiger partial charge in [0.25, 0.3) is 5.91 Å². The summed E-state index contributed by atoms with van der Waals surface area (Å²) in [5.41, 5.74) is 1.02. The summed E-state index contributed by atoms with van der Waals surface area (Å²) in [6.07, 6.45) is 3.13. The Bertz CT molecular complexity index is 489. The first-order valence-electron chi connectivity index (χ1n) is 5.14. The lowest BCUT2D eigenvalue weighted by molar-refractivity contribution is -0.124. The third-order valence-electron chi connectivity index (χ3n) is 3.07. The molecule has 1 heterocycles. The minimum Gasteiger partial charge on any atom is -0.292 e. The standard InChI is InChI=1S/C10H13NO4S/c1-16(14,15)8-4-2-3-6(8)7-5-9(12)11-10(7)13/h8H,2-5H2,1H3,(H,11,12,13). The lowest BCUT2D eigenvalue weighted by Gasteiger charge is -2.11. The third-order valence-corrected chi connectivity index (χ3v) is 4.62. The zero-order chi connectivity index (χ0) is 11.9. The second kappa shape index (κ2) is 3.69. The molecule has 2 rings (SSSR count). The Balaban J connectivity index is 2.43. The lowest BCUT2D eigenvalue weighted by atomic mass is 10.1. The van der Waals surface area contributed by atoms with Crippen LogP contribution in [0.15, 0.2) is 11.1 Å². The van der Waals surface area contributed by atoms with Gasteiger partial charge in [0.15, 0.2) is 9.84 Å². The number of hydrogen-bond donors (Lipinski definition) is 1. The van der Waals surface area contributed by atoms with E-state index in [1.807, 2.05) is 0 Å². The van der Waals surface area contributed by atoms with E-state index in [1.54, 1.807) is 0 Å². The number of carbonyl (C=O) groups is 2. The Labute approximate surface area is 93.8 Å². The molecule has 88 valence electrons. The van der Waals surface area contributed by atoms with Crippen LogP contribution in [-0.4, -0.2) is 31.7 Å². The fourth-order valence-corrected chi connectivity index (χ4v) is 3.75. The highest BCUT2D eigenvalue weighted by atomic mass is 32.2. The first-order valence-corrected chi connectivity index (χ1v) is 7.10. The molecule has 1 aliphatic heterocycles. The lowest BCUT2D eigenvalue weighted by Crippen LogP contribution is -2.22. The molecule has 16 heavy (non-hydrogen) atoms. The summed E-state index contributed by atoms with van der Waals surface area (Å²) in [7, 11) is -3.18. The van der Waals surface area contributed by atoms with Crippen molar-refractivity contribution in [2.24, 2.45) is 0 Å². The highest BCUT2D eigenvalue weighted by Gasteiger charge is 2.36. The van der Waals surface area contributed by atoms with E-state index in [4.69, 9.17) is 0 Å². The normalized spacial score (nSPS) is 30.9. The van der Waals surface area contributed by atoms with Gasteiger partial charge < -0.3 is 0 Å². The van der Waals surface area contributed by atoms with Crippen molar-refractivity contribution < 1.29 is 18.0 Å². The predicted octanol–water partition coefficient (Wildman–Crippen LogP) is -0.0734. The Morgan fingerprint density at radius 2 is 2.00 bits per heavy atom. The Morgan fingerprint density at radius 3 is 2.50 bits per heavy atom. The monoisotopic (exact) mass is 243 g/mol. The molecular weight excluding hydrogens is 230 g/mol. The molecule has 2 aliphatic rings. The average molecular weight is 243 g/mol. The quantitative estimate of drug-likeness (QED) is 0.516. The molecular formula is C10H13NO4S. The van der Waals surface area contributed by atoms with Crippen LogP contribution in [0.3, 0.4) is 0 Å². The van der Waals surface area contributed by atoms with E-state index in [0.29, 0.717) is 24.0 Å². The number of rotatable bonds is 1. The van der Waals surface area contributed by atoms with Crippen molar-refractivity contribution in [2.75, 3.05) is 6.26 Å². The van der Waals surface area contributed by atoms with Crippen molar-refractivity contribution >= 4 is 21.7 Å². The first-order chi connectivity index (χ1) is 7.39. The van der Waals surface area contributed by atoms with Gasteiger partial charge in [-0.2, -0.15) is 0 Å². The van der Waals surface area contributed by atoms with E-state index >= 15 is 0 Å². The SMILES string of the molecule is CS(=O)(=O)C1CCCC1=C1CC(=O)NC1=O. The van der Waals surface area contributed by atoms with Crippen LogP contribution in [0.5, 0.6) is 0 Å². The summed E-state index contributed by atoms with van der Waals surface area (Å²) in [4.78, 5) is 22.5. The zero-order valence-corrected chi connectivity index (χ0v) is 9.76. The second-order valence-electron chi connectivity index (χ2n) is 4.27. The Morgan fingerprint density at radius 1 is 1.31 bits per heavy atom. The van der Waals surface area contributed by atoms with E-state index < -0.39 is 21.0 Å². The molecule has 2 amide bonds. The molecule has 6 heteroatoms. The van der Waals surface area contributed by atoms with Crippen LogP contribution in [0.2, 0.25) is 0 Å². The van der Waals surface area contributed by atoms with Gasteiger partial charge in [-0.1, -0.05) is 0 Å². The van der Waals surface area contributed by atoms with Gasteiger partial charge in [0.05, 0.1) is 11.7 Å². The topological polar surface area (TPSA) is 80.3 Å². The van der Waals surface area contributed by atoms with E-state index in [0.717, 1.165) is 6.42 Å². The predicted molar refractivity (Wildman–Crippen MR) is 57.3 cm³/mol. The molecule has 1 N–H and O–H groups in total. The van der Waals surface area contributed by atoms with Crippen LogP contribution < -0.4 is 5.32 Å². The van der Waals surface area contributed by atoms with Crippen LogP contribution >= 0.6 is 0 Å². The number of sulfone groups is 1. The highest BCUT2D eigenvalue weighted by molar-refractivity contribution is 7.91. The van der Waals surface area contributed by atoms with Gasteiger partial charge in [-0.3, -0.25) is 14.9 Å². The van der Waals surface area contributed by atoms with Crippen molar-refractivity contribution in [1.29, 1.82) is 0 Å². The van der Waals surface area contributed by atoms with E-state index in [-0.39, 0.29) is 12.3 Å². The fraction of sp³-hybridized carbons (Fsp3) is 0.600. The van der Waals surface area contributed by atoms with Gasteiger partial charge in [0.2, 0.25) is 5.91 Å². The minimum absolute atomic E-state index is 0.0280. The molecule has 1 saturated carbocycles. The number of nitrogens with one attached hydrogen (secondary N) is 1. The number of imide groups is 1. The second-order valence-corrected chi connectivity index (χ2v) is 6.50. The van der Waals surface area contributed by atoms with Crippen LogP contribution in [0.4, 0.5) is 0 Å². The number of hydrogen-bond acceptors (Lipinski definition) is 4. The maximum absolute atomic E-state index is 11.5. The highest BCUT2D eigenvalue weighted by Crippen LogP contribution is 2.34. The van der Waals surface area contributed by atoms with Crippen molar-refractivity contribution in [3.05, 3.63) is 11.1 Å². The summed E-state index contributed by atoms with van der Waals surface area (Å²) in [5, 5.41) is 1.61. The molecule has 0 aromatic rings. The van der Waals surface area contributed by atoms with E-state index in [1.165, 1.54) is 6.26 Å². The summed E-state index contributed by atoms with van der Waals surface area (Å²) in [5.74, 6) is -0.762. The smallest absolute Gasteiger partial charge is 0.254 e. The molecule has 0 aromatic heterocycles. The number of carbonyl (C=O) groups excluding carboxylic acids is 2. The van der Waals surface area contributed by atoms with Crippen LogP contribution in [0, 0.1) is 0 Å². The van der Waals surface area contributed by atoms with Crippen molar-refractivity contribution in [3.63, 3.8) is 0 Å². The summed E-state index contributed by atoms with van der Waals surface area (Å²) >= 11 is 0. The van der Waals surface area contributed by atoms with Crippen LogP contribution in [0.25, 0.3) is 0 Å². The van der Waals surface area contributed by atoms with Gasteiger partial charge in [-0.25, -0.2) is 8.42 Å². The van der Waals surface area contributed by atoms with Gasteiger partial charge >= 0.3 is 0 Å². The molecule has 1 saturated heterocycles. The summed E-state index contributed by atoms with van der Waals surface area (Å²) in [6, 6.07) is 0. The Hall–Kier alpha value is -1.17. The van der Waals surface area contributed by atoms with Gasteiger partial charge in [0, 0.05) is 11.8 Å². The van der Waals surface area contributed by atoms with Gasteiger partial charge in [0.1, 0.15) is 0 Å². The van der Waals surface area contributed by atoms with Crippen molar-refractivity contribution in [1.82, 2.24) is 5.32 Å². The maximum atomic E-state index is 11.5. The average Bonchev–Trinajstić information content (AvgIpc) is 2.69. The zero-order valence-electron chi connectivity index (χ0n) is 8.95. The number of amides is 2. The molecule has 0 aromatic carbocycles. The first kappa shape index (κ1) is 11.3. The van der Waals surface area contributed by atoms with Crippen LogP contribution in [0.1, 0.15) is 25.7 Å². The maximum Gasteiger partial charge on any atom is 0.254 e. The van der Waals surface area contributed by atoms with Crippen molar-refractivity contribution in [2.45, 2.75) is 30.9 Å². The fourth-order valence-electron chi connectivity index (χ4n) is 2.38. The third kappa shape index (κ3) is 1.89. The van der Waals surface area contributed by atoms with E-state index in [9.17, 15) is 18.0 Å². The molecule has 1 atom stereocenters. The van der Waals surface area contributed by atoms with Gasteiger partial charge in [-0.15, -0.1) is 0 Å².